The Morgan fingerprint density at radius 1 is 0.714 bits per heavy atom. The van der Waals surface area contributed by atoms with Crippen LogP contribution in [-0.4, -0.2) is 10.8 Å². The third kappa shape index (κ3) is 3.67. The van der Waals surface area contributed by atoms with Gasteiger partial charge in [0.05, 0.1) is 5.69 Å². The van der Waals surface area contributed by atoms with Crippen LogP contribution >= 0.6 is 0 Å². The maximum Gasteiger partial charge on any atom is 0.0630 e. The standard InChI is InChI=1S/C26H24N2/c1-19-9-15-26(16-10-19)28-20(2)17-24(21(28)3)18-27-25-13-11-23(12-14-25)22-7-5-4-6-8-22/h4-18H,1-3H3. The number of aromatic nitrogens is 1. The molecule has 1 heterocycles. The van der Waals surface area contributed by atoms with Crippen LogP contribution in [0, 0.1) is 20.8 Å². The van der Waals surface area contributed by atoms with E-state index >= 15 is 0 Å². The summed E-state index contributed by atoms with van der Waals surface area (Å²) >= 11 is 0. The molecule has 0 amide bonds. The topological polar surface area (TPSA) is 17.3 Å². The second kappa shape index (κ2) is 7.69. The second-order valence-corrected chi connectivity index (χ2v) is 7.17. The quantitative estimate of drug-likeness (QED) is 0.354. The van der Waals surface area contributed by atoms with Crippen molar-refractivity contribution in [3.05, 3.63) is 107 Å². The highest BCUT2D eigenvalue weighted by atomic mass is 15.0. The Hall–Kier alpha value is -3.39. The third-order valence-electron chi connectivity index (χ3n) is 5.09. The lowest BCUT2D eigenvalue weighted by Gasteiger charge is -2.09. The summed E-state index contributed by atoms with van der Waals surface area (Å²) in [5.41, 5.74) is 9.40. The van der Waals surface area contributed by atoms with Crippen molar-refractivity contribution >= 4 is 11.9 Å². The number of nitrogens with zero attached hydrogens (tertiary/aromatic N) is 2. The molecule has 0 fully saturated rings. The van der Waals surface area contributed by atoms with E-state index in [9.17, 15) is 0 Å². The van der Waals surface area contributed by atoms with Crippen molar-refractivity contribution in [3.63, 3.8) is 0 Å². The fourth-order valence-corrected chi connectivity index (χ4v) is 3.52. The van der Waals surface area contributed by atoms with Crippen molar-refractivity contribution in [1.29, 1.82) is 0 Å². The summed E-state index contributed by atoms with van der Waals surface area (Å²) in [4.78, 5) is 4.70. The molecular weight excluding hydrogens is 340 g/mol. The predicted molar refractivity (Wildman–Crippen MR) is 119 cm³/mol. The molecule has 0 spiro atoms. The van der Waals surface area contributed by atoms with Crippen molar-refractivity contribution in [2.45, 2.75) is 20.8 Å². The minimum absolute atomic E-state index is 0.958. The van der Waals surface area contributed by atoms with Gasteiger partial charge >= 0.3 is 0 Å². The first-order valence-electron chi connectivity index (χ1n) is 9.57. The highest BCUT2D eigenvalue weighted by Gasteiger charge is 2.09. The maximum atomic E-state index is 4.70. The monoisotopic (exact) mass is 364 g/mol. The van der Waals surface area contributed by atoms with Crippen molar-refractivity contribution in [2.75, 3.05) is 0 Å². The lowest BCUT2D eigenvalue weighted by molar-refractivity contribution is 0.964. The number of hydrogen-bond acceptors (Lipinski definition) is 1. The number of aryl methyl sites for hydroxylation is 2. The number of hydrogen-bond donors (Lipinski definition) is 0. The van der Waals surface area contributed by atoms with Gasteiger partial charge in [-0.05, 0) is 62.2 Å². The summed E-state index contributed by atoms with van der Waals surface area (Å²) in [6.45, 7) is 6.39. The molecule has 4 aromatic rings. The van der Waals surface area contributed by atoms with Gasteiger partial charge in [-0.2, -0.15) is 0 Å². The van der Waals surface area contributed by atoms with Crippen LogP contribution < -0.4 is 0 Å². The molecule has 0 atom stereocenters. The van der Waals surface area contributed by atoms with E-state index in [4.69, 9.17) is 4.99 Å². The van der Waals surface area contributed by atoms with Gasteiger partial charge in [0.25, 0.3) is 0 Å². The molecule has 1 aromatic heterocycles. The number of rotatable bonds is 4. The van der Waals surface area contributed by atoms with E-state index < -0.39 is 0 Å². The van der Waals surface area contributed by atoms with Gasteiger partial charge in [-0.25, -0.2) is 0 Å². The van der Waals surface area contributed by atoms with E-state index in [1.165, 1.54) is 33.8 Å². The second-order valence-electron chi connectivity index (χ2n) is 7.17. The summed E-state index contributed by atoms with van der Waals surface area (Å²) < 4.78 is 2.28. The smallest absolute Gasteiger partial charge is 0.0630 e. The van der Waals surface area contributed by atoms with Gasteiger partial charge in [-0.3, -0.25) is 4.99 Å². The zero-order valence-electron chi connectivity index (χ0n) is 16.6. The minimum Gasteiger partial charge on any atom is -0.318 e. The fraction of sp³-hybridized carbons (Fsp3) is 0.115. The molecule has 0 radical (unpaired) electrons. The lowest BCUT2D eigenvalue weighted by Crippen LogP contribution is -1.99. The summed E-state index contributed by atoms with van der Waals surface area (Å²) in [7, 11) is 0. The summed E-state index contributed by atoms with van der Waals surface area (Å²) in [5, 5.41) is 0. The zero-order chi connectivity index (χ0) is 19.5. The van der Waals surface area contributed by atoms with Crippen molar-refractivity contribution in [1.82, 2.24) is 4.57 Å². The highest BCUT2D eigenvalue weighted by molar-refractivity contribution is 5.84. The third-order valence-corrected chi connectivity index (χ3v) is 5.09. The first-order valence-corrected chi connectivity index (χ1v) is 9.57. The van der Waals surface area contributed by atoms with Gasteiger partial charge in [0.2, 0.25) is 0 Å². The molecular formula is C26H24N2. The van der Waals surface area contributed by atoms with E-state index in [2.05, 4.69) is 104 Å². The fourth-order valence-electron chi connectivity index (χ4n) is 3.52. The number of benzene rings is 3. The Kier molecular flexibility index (Phi) is 4.94. The van der Waals surface area contributed by atoms with Gasteiger partial charge < -0.3 is 4.57 Å². The number of aliphatic imine (C=N–C) groups is 1. The van der Waals surface area contributed by atoms with Crippen molar-refractivity contribution in [3.8, 4) is 16.8 Å². The Labute approximate surface area is 166 Å². The van der Waals surface area contributed by atoms with Crippen LogP contribution in [0.4, 0.5) is 5.69 Å². The van der Waals surface area contributed by atoms with Crippen LogP contribution in [0.25, 0.3) is 16.8 Å². The van der Waals surface area contributed by atoms with E-state index in [0.29, 0.717) is 0 Å². The first-order chi connectivity index (χ1) is 13.6. The van der Waals surface area contributed by atoms with Gasteiger partial charge in [0, 0.05) is 28.9 Å². The lowest BCUT2D eigenvalue weighted by atomic mass is 10.1. The molecule has 0 saturated heterocycles. The SMILES string of the molecule is Cc1ccc(-n2c(C)cc(C=Nc3ccc(-c4ccccc4)cc3)c2C)cc1. The van der Waals surface area contributed by atoms with Crippen molar-refractivity contribution < 1.29 is 0 Å². The molecule has 2 nitrogen and oxygen atoms in total. The molecule has 0 N–H and O–H groups in total. The Morgan fingerprint density at radius 3 is 2.04 bits per heavy atom. The average Bonchev–Trinajstić information content (AvgIpc) is 3.01. The van der Waals surface area contributed by atoms with Gasteiger partial charge in [-0.1, -0.05) is 60.2 Å². The maximum absolute atomic E-state index is 4.70. The van der Waals surface area contributed by atoms with Crippen LogP contribution in [-0.2, 0) is 0 Å². The molecule has 0 aliphatic heterocycles. The Balaban J connectivity index is 1.58. The van der Waals surface area contributed by atoms with E-state index in [0.717, 1.165) is 11.3 Å². The summed E-state index contributed by atoms with van der Waals surface area (Å²) in [6, 6.07) is 29.6. The van der Waals surface area contributed by atoms with Crippen LogP contribution in [0.2, 0.25) is 0 Å². The van der Waals surface area contributed by atoms with Crippen LogP contribution in [0.3, 0.4) is 0 Å². The highest BCUT2D eigenvalue weighted by Crippen LogP contribution is 2.24. The normalized spacial score (nSPS) is 11.2. The molecule has 4 rings (SSSR count). The summed E-state index contributed by atoms with van der Waals surface area (Å²) in [5.74, 6) is 0. The minimum atomic E-state index is 0.958. The molecule has 0 aliphatic rings. The molecule has 2 heteroatoms. The largest absolute Gasteiger partial charge is 0.318 e. The van der Waals surface area contributed by atoms with Crippen molar-refractivity contribution in [2.24, 2.45) is 4.99 Å². The molecule has 0 bridgehead atoms. The zero-order valence-corrected chi connectivity index (χ0v) is 16.6. The van der Waals surface area contributed by atoms with Crippen LogP contribution in [0.15, 0.2) is 89.9 Å². The average molecular weight is 364 g/mol. The van der Waals surface area contributed by atoms with Gasteiger partial charge in [-0.15, -0.1) is 0 Å². The van der Waals surface area contributed by atoms with Crippen LogP contribution in [0.1, 0.15) is 22.5 Å². The predicted octanol–water partition coefficient (Wildman–Crippen LogP) is 6.82. The molecule has 0 aliphatic carbocycles. The molecule has 0 unspecified atom stereocenters. The summed E-state index contributed by atoms with van der Waals surface area (Å²) in [6.07, 6.45) is 1.96. The Bertz CT molecular complexity index is 1100. The van der Waals surface area contributed by atoms with E-state index in [1.54, 1.807) is 0 Å². The molecule has 138 valence electrons. The molecule has 28 heavy (non-hydrogen) atoms. The first kappa shape index (κ1) is 18.0. The Morgan fingerprint density at radius 2 is 1.36 bits per heavy atom. The van der Waals surface area contributed by atoms with Gasteiger partial charge in [0.1, 0.15) is 0 Å². The van der Waals surface area contributed by atoms with E-state index in [1.807, 2.05) is 12.3 Å². The molecule has 3 aromatic carbocycles. The van der Waals surface area contributed by atoms with E-state index in [-0.39, 0.29) is 0 Å². The van der Waals surface area contributed by atoms with Gasteiger partial charge in [0.15, 0.2) is 0 Å². The van der Waals surface area contributed by atoms with Crippen LogP contribution in [0.5, 0.6) is 0 Å². The molecule has 0 saturated carbocycles.